The minimum atomic E-state index is -0.333. The standard InChI is InChI=1S/C10H12O.C9H19NO.C2H5NO.2C2H6/c1-9(11)7-8-10-5-3-2-4-6-10;1-5-9(11)8(4)10(6-2)7-3;1-2(3)4;2*1-2/h2-6H,7-8H2,1H3;8H,5-7H2,1-4H3;1H3,(H2,3,4);2*1-2H3. The van der Waals surface area contributed by atoms with Gasteiger partial charge in [0, 0.05) is 19.8 Å². The van der Waals surface area contributed by atoms with Crippen LogP contribution in [-0.2, 0) is 20.8 Å². The molecule has 0 aliphatic heterocycles. The van der Waals surface area contributed by atoms with Crippen LogP contribution in [0.4, 0.5) is 0 Å². The van der Waals surface area contributed by atoms with Gasteiger partial charge in [-0.25, -0.2) is 0 Å². The Hall–Kier alpha value is -2.01. The van der Waals surface area contributed by atoms with Crippen LogP contribution < -0.4 is 5.73 Å². The van der Waals surface area contributed by atoms with Gasteiger partial charge in [0.15, 0.2) is 0 Å². The molecular weight excluding hydrogens is 376 g/mol. The second-order valence-corrected chi connectivity index (χ2v) is 6.02. The Kier molecular flexibility index (Phi) is 31.9. The van der Waals surface area contributed by atoms with Gasteiger partial charge in [-0.1, -0.05) is 78.8 Å². The highest BCUT2D eigenvalue weighted by atomic mass is 16.1. The van der Waals surface area contributed by atoms with Crippen LogP contribution in [0.5, 0.6) is 0 Å². The van der Waals surface area contributed by atoms with E-state index in [4.69, 9.17) is 0 Å². The number of likely N-dealkylation sites (N-methyl/N-ethyl adjacent to an activating group) is 1. The number of hydrogen-bond acceptors (Lipinski definition) is 4. The summed E-state index contributed by atoms with van der Waals surface area (Å²) in [6.45, 7) is 20.9. The molecule has 0 saturated carbocycles. The Morgan fingerprint density at radius 3 is 1.60 bits per heavy atom. The van der Waals surface area contributed by atoms with E-state index in [1.165, 1.54) is 12.5 Å². The SMILES string of the molecule is CC.CC.CC(=O)CCc1ccccc1.CC(N)=O.CCC(=O)C(C)N(CC)CC. The first kappa shape index (κ1) is 35.4. The van der Waals surface area contributed by atoms with Crippen LogP contribution in [-0.4, -0.2) is 41.5 Å². The number of carbonyl (C=O) groups is 3. The van der Waals surface area contributed by atoms with Crippen molar-refractivity contribution in [3.8, 4) is 0 Å². The maximum absolute atomic E-state index is 11.2. The molecule has 0 fully saturated rings. The van der Waals surface area contributed by atoms with Gasteiger partial charge in [-0.15, -0.1) is 0 Å². The summed E-state index contributed by atoms with van der Waals surface area (Å²) in [6, 6.07) is 10.2. The fraction of sp³-hybridized carbons (Fsp3) is 0.640. The van der Waals surface area contributed by atoms with E-state index in [0.29, 0.717) is 18.6 Å². The zero-order valence-electron chi connectivity index (χ0n) is 21.2. The van der Waals surface area contributed by atoms with Crippen molar-refractivity contribution in [2.45, 2.75) is 94.5 Å². The number of nitrogens with two attached hydrogens (primary N) is 1. The van der Waals surface area contributed by atoms with Gasteiger partial charge in [0.1, 0.15) is 11.6 Å². The molecule has 5 nitrogen and oxygen atoms in total. The van der Waals surface area contributed by atoms with E-state index in [-0.39, 0.29) is 17.7 Å². The van der Waals surface area contributed by atoms with E-state index < -0.39 is 0 Å². The fourth-order valence-corrected chi connectivity index (χ4v) is 2.24. The van der Waals surface area contributed by atoms with Crippen molar-refractivity contribution in [2.75, 3.05) is 13.1 Å². The summed E-state index contributed by atoms with van der Waals surface area (Å²) >= 11 is 0. The molecule has 2 N–H and O–H groups in total. The second-order valence-electron chi connectivity index (χ2n) is 6.02. The molecule has 1 rings (SSSR count). The molecule has 1 aromatic carbocycles. The molecule has 1 atom stereocenters. The van der Waals surface area contributed by atoms with Crippen molar-refractivity contribution in [3.05, 3.63) is 35.9 Å². The Labute approximate surface area is 186 Å². The van der Waals surface area contributed by atoms with Crippen molar-refractivity contribution in [1.29, 1.82) is 0 Å². The lowest BCUT2D eigenvalue weighted by molar-refractivity contribution is -0.123. The third-order valence-electron chi connectivity index (χ3n) is 3.78. The van der Waals surface area contributed by atoms with E-state index in [1.54, 1.807) is 6.92 Å². The van der Waals surface area contributed by atoms with Crippen molar-refractivity contribution in [3.63, 3.8) is 0 Å². The number of rotatable bonds is 8. The van der Waals surface area contributed by atoms with Crippen molar-refractivity contribution >= 4 is 17.5 Å². The molecule has 1 unspecified atom stereocenters. The van der Waals surface area contributed by atoms with Gasteiger partial charge in [0.05, 0.1) is 6.04 Å². The van der Waals surface area contributed by atoms with Gasteiger partial charge in [0.25, 0.3) is 0 Å². The third kappa shape index (κ3) is 26.0. The van der Waals surface area contributed by atoms with E-state index >= 15 is 0 Å². The smallest absolute Gasteiger partial charge is 0.214 e. The van der Waals surface area contributed by atoms with E-state index in [2.05, 4.69) is 24.5 Å². The number of amides is 1. The van der Waals surface area contributed by atoms with Crippen LogP contribution in [0.1, 0.15) is 87.6 Å². The number of nitrogens with zero attached hydrogens (tertiary/aromatic N) is 1. The molecule has 30 heavy (non-hydrogen) atoms. The van der Waals surface area contributed by atoms with Gasteiger partial charge in [-0.3, -0.25) is 14.5 Å². The van der Waals surface area contributed by atoms with E-state index in [1.807, 2.05) is 71.9 Å². The Morgan fingerprint density at radius 1 is 0.900 bits per heavy atom. The van der Waals surface area contributed by atoms with Crippen LogP contribution in [0.3, 0.4) is 0 Å². The topological polar surface area (TPSA) is 80.5 Å². The van der Waals surface area contributed by atoms with E-state index in [0.717, 1.165) is 19.5 Å². The van der Waals surface area contributed by atoms with Crippen LogP contribution in [0, 0.1) is 0 Å². The van der Waals surface area contributed by atoms with Crippen LogP contribution >= 0.6 is 0 Å². The summed E-state index contributed by atoms with van der Waals surface area (Å²) in [5.74, 6) is 0.266. The highest BCUT2D eigenvalue weighted by Crippen LogP contribution is 2.02. The molecule has 0 radical (unpaired) electrons. The van der Waals surface area contributed by atoms with Crippen LogP contribution in [0.2, 0.25) is 0 Å². The van der Waals surface area contributed by atoms with Gasteiger partial charge in [0.2, 0.25) is 5.91 Å². The van der Waals surface area contributed by atoms with Crippen molar-refractivity contribution < 1.29 is 14.4 Å². The number of Topliss-reactive ketones (excluding diaryl/α,β-unsaturated/α-hetero) is 2. The molecule has 0 aliphatic carbocycles. The highest BCUT2D eigenvalue weighted by Gasteiger charge is 2.15. The summed E-state index contributed by atoms with van der Waals surface area (Å²) in [6.07, 6.45) is 2.18. The highest BCUT2D eigenvalue weighted by molar-refractivity contribution is 5.83. The average Bonchev–Trinajstić information content (AvgIpc) is 2.76. The maximum Gasteiger partial charge on any atom is 0.214 e. The van der Waals surface area contributed by atoms with E-state index in [9.17, 15) is 14.4 Å². The zero-order valence-corrected chi connectivity index (χ0v) is 21.2. The number of primary amides is 1. The first-order valence-electron chi connectivity index (χ1n) is 11.3. The molecule has 176 valence electrons. The molecule has 0 aliphatic rings. The monoisotopic (exact) mass is 424 g/mol. The molecule has 0 saturated heterocycles. The summed E-state index contributed by atoms with van der Waals surface area (Å²) < 4.78 is 0. The largest absolute Gasteiger partial charge is 0.370 e. The quantitative estimate of drug-likeness (QED) is 0.602. The van der Waals surface area contributed by atoms with Crippen LogP contribution in [0.25, 0.3) is 0 Å². The number of ketones is 2. The molecule has 0 aromatic heterocycles. The summed E-state index contributed by atoms with van der Waals surface area (Å²) in [4.78, 5) is 33.2. The van der Waals surface area contributed by atoms with Crippen molar-refractivity contribution in [1.82, 2.24) is 4.90 Å². The molecule has 0 bridgehead atoms. The predicted molar refractivity (Wildman–Crippen MR) is 131 cm³/mol. The minimum Gasteiger partial charge on any atom is -0.370 e. The molecular formula is C25H48N2O3. The first-order valence-corrected chi connectivity index (χ1v) is 11.3. The van der Waals surface area contributed by atoms with Crippen molar-refractivity contribution in [2.24, 2.45) is 5.73 Å². The summed E-state index contributed by atoms with van der Waals surface area (Å²) in [7, 11) is 0. The Balaban J connectivity index is -0.000000168. The van der Waals surface area contributed by atoms with Gasteiger partial charge < -0.3 is 10.5 Å². The number of carbonyl (C=O) groups excluding carboxylic acids is 3. The molecule has 5 heteroatoms. The number of aryl methyl sites for hydroxylation is 1. The molecule has 1 aromatic rings. The first-order chi connectivity index (χ1) is 14.2. The number of benzene rings is 1. The molecule has 0 heterocycles. The van der Waals surface area contributed by atoms with Gasteiger partial charge >= 0.3 is 0 Å². The second kappa shape index (κ2) is 27.0. The maximum atomic E-state index is 11.2. The lowest BCUT2D eigenvalue weighted by Crippen LogP contribution is -2.38. The zero-order chi connectivity index (χ0) is 24.5. The Morgan fingerprint density at radius 2 is 1.30 bits per heavy atom. The fourth-order valence-electron chi connectivity index (χ4n) is 2.24. The Bertz CT molecular complexity index is 508. The summed E-state index contributed by atoms with van der Waals surface area (Å²) in [5.41, 5.74) is 5.71. The lowest BCUT2D eigenvalue weighted by atomic mass is 10.1. The van der Waals surface area contributed by atoms with Gasteiger partial charge in [-0.2, -0.15) is 0 Å². The summed E-state index contributed by atoms with van der Waals surface area (Å²) in [5, 5.41) is 0. The number of hydrogen-bond donors (Lipinski definition) is 1. The molecule has 1 amide bonds. The lowest BCUT2D eigenvalue weighted by Gasteiger charge is -2.24. The average molecular weight is 425 g/mol. The van der Waals surface area contributed by atoms with Gasteiger partial charge in [-0.05, 0) is 38.9 Å². The predicted octanol–water partition coefficient (Wildman–Crippen LogP) is 5.45. The van der Waals surface area contributed by atoms with Crippen LogP contribution in [0.15, 0.2) is 30.3 Å². The minimum absolute atomic E-state index is 0.106. The normalized spacial score (nSPS) is 9.70. The molecule has 0 spiro atoms. The third-order valence-corrected chi connectivity index (χ3v) is 3.78.